The van der Waals surface area contributed by atoms with Gasteiger partial charge in [-0.3, -0.25) is 9.00 Å². The first-order valence-corrected chi connectivity index (χ1v) is 7.75. The Morgan fingerprint density at radius 2 is 2.21 bits per heavy atom. The third-order valence-electron chi connectivity index (χ3n) is 2.78. The van der Waals surface area contributed by atoms with Crippen molar-refractivity contribution in [3.8, 4) is 0 Å². The zero-order valence-electron chi connectivity index (χ0n) is 10.7. The topological polar surface area (TPSA) is 88.0 Å². The molecule has 0 fully saturated rings. The highest BCUT2D eigenvalue weighted by atomic mass is 32.2. The van der Waals surface area contributed by atoms with Gasteiger partial charge in [-0.2, -0.15) is 0 Å². The molecular weight excluding hydrogens is 262 g/mol. The lowest BCUT2D eigenvalue weighted by Crippen LogP contribution is -2.25. The average Bonchev–Trinajstić information content (AvgIpc) is 2.77. The van der Waals surface area contributed by atoms with Gasteiger partial charge in [-0.25, -0.2) is 0 Å². The normalized spacial score (nSPS) is 12.5. The number of anilines is 1. The number of nitrogen functional groups attached to an aromatic ring is 1. The number of fused-ring (bicyclic) bond motifs is 1. The first-order chi connectivity index (χ1) is 9.06. The standard InChI is InChI=1S/C13H17N3O2S/c1-19(18)6-2-5-15-13(17)12-8-9-7-10(14)3-4-11(9)16-12/h3-4,7-8,16H,2,5-6,14H2,1H3,(H,15,17). The number of hydrogen-bond donors (Lipinski definition) is 3. The lowest BCUT2D eigenvalue weighted by Gasteiger charge is -2.02. The minimum atomic E-state index is -0.813. The van der Waals surface area contributed by atoms with Gasteiger partial charge in [0, 0.05) is 45.9 Å². The number of nitrogens with one attached hydrogen (secondary N) is 2. The Bertz CT molecular complexity index is 621. The highest BCUT2D eigenvalue weighted by molar-refractivity contribution is 7.84. The second kappa shape index (κ2) is 5.88. The number of aromatic nitrogens is 1. The molecule has 4 N–H and O–H groups in total. The van der Waals surface area contributed by atoms with Crippen LogP contribution in [-0.2, 0) is 10.8 Å². The van der Waals surface area contributed by atoms with Crippen LogP contribution in [0.25, 0.3) is 10.9 Å². The second-order valence-corrected chi connectivity index (χ2v) is 5.97. The van der Waals surface area contributed by atoms with Crippen molar-refractivity contribution in [2.24, 2.45) is 0 Å². The van der Waals surface area contributed by atoms with Crippen molar-refractivity contribution in [3.05, 3.63) is 30.0 Å². The molecule has 0 saturated carbocycles. The van der Waals surface area contributed by atoms with Crippen LogP contribution < -0.4 is 11.1 Å². The van der Waals surface area contributed by atoms with Crippen molar-refractivity contribution in [3.63, 3.8) is 0 Å². The summed E-state index contributed by atoms with van der Waals surface area (Å²) >= 11 is 0. The lowest BCUT2D eigenvalue weighted by atomic mass is 10.2. The number of carbonyl (C=O) groups is 1. The van der Waals surface area contributed by atoms with Crippen LogP contribution in [0.1, 0.15) is 16.9 Å². The summed E-state index contributed by atoms with van der Waals surface area (Å²) in [6, 6.07) is 7.24. The van der Waals surface area contributed by atoms with Gasteiger partial charge in [0.05, 0.1) is 0 Å². The van der Waals surface area contributed by atoms with Crippen LogP contribution in [0.5, 0.6) is 0 Å². The summed E-state index contributed by atoms with van der Waals surface area (Å²) in [6.07, 6.45) is 2.37. The predicted octanol–water partition coefficient (Wildman–Crippen LogP) is 1.25. The maximum absolute atomic E-state index is 11.9. The quantitative estimate of drug-likeness (QED) is 0.568. The van der Waals surface area contributed by atoms with Gasteiger partial charge in [0.15, 0.2) is 0 Å². The van der Waals surface area contributed by atoms with E-state index in [0.29, 0.717) is 30.1 Å². The fourth-order valence-electron chi connectivity index (χ4n) is 1.85. The monoisotopic (exact) mass is 279 g/mol. The summed E-state index contributed by atoms with van der Waals surface area (Å²) in [5, 5.41) is 3.71. The summed E-state index contributed by atoms with van der Waals surface area (Å²) in [5.74, 6) is 0.445. The Hall–Kier alpha value is -1.82. The van der Waals surface area contributed by atoms with Crippen molar-refractivity contribution in [1.82, 2.24) is 10.3 Å². The molecule has 1 unspecified atom stereocenters. The van der Waals surface area contributed by atoms with Gasteiger partial charge in [-0.15, -0.1) is 0 Å². The van der Waals surface area contributed by atoms with Crippen molar-refractivity contribution < 1.29 is 9.00 Å². The van der Waals surface area contributed by atoms with E-state index < -0.39 is 10.8 Å². The number of carbonyl (C=O) groups excluding carboxylic acids is 1. The van der Waals surface area contributed by atoms with Gasteiger partial charge >= 0.3 is 0 Å². The minimum absolute atomic E-state index is 0.156. The molecule has 0 saturated heterocycles. The van der Waals surface area contributed by atoms with E-state index in [9.17, 15) is 9.00 Å². The molecule has 0 aliphatic heterocycles. The molecule has 0 spiro atoms. The predicted molar refractivity (Wildman–Crippen MR) is 78.6 cm³/mol. The molecule has 1 aromatic carbocycles. The van der Waals surface area contributed by atoms with E-state index >= 15 is 0 Å². The number of nitrogens with two attached hydrogens (primary N) is 1. The molecule has 1 atom stereocenters. The van der Waals surface area contributed by atoms with Gasteiger partial charge in [0.25, 0.3) is 5.91 Å². The van der Waals surface area contributed by atoms with E-state index in [0.717, 1.165) is 10.9 Å². The van der Waals surface area contributed by atoms with Crippen LogP contribution in [0, 0.1) is 0 Å². The Morgan fingerprint density at radius 1 is 1.42 bits per heavy atom. The molecule has 19 heavy (non-hydrogen) atoms. The maximum atomic E-state index is 11.9. The number of benzene rings is 1. The third-order valence-corrected chi connectivity index (χ3v) is 3.65. The molecule has 0 radical (unpaired) electrons. The SMILES string of the molecule is CS(=O)CCCNC(=O)c1cc2cc(N)ccc2[nH]1. The third kappa shape index (κ3) is 3.57. The highest BCUT2D eigenvalue weighted by Crippen LogP contribution is 2.18. The summed E-state index contributed by atoms with van der Waals surface area (Å²) in [7, 11) is -0.813. The van der Waals surface area contributed by atoms with Crippen molar-refractivity contribution >= 4 is 33.3 Å². The van der Waals surface area contributed by atoms with Gasteiger partial charge < -0.3 is 16.0 Å². The van der Waals surface area contributed by atoms with Crippen molar-refractivity contribution in [2.75, 3.05) is 24.3 Å². The van der Waals surface area contributed by atoms with Gasteiger partial charge in [-0.05, 0) is 30.7 Å². The molecule has 6 heteroatoms. The molecule has 102 valence electrons. The Kier molecular flexibility index (Phi) is 4.21. The van der Waals surface area contributed by atoms with Crippen LogP contribution in [0.15, 0.2) is 24.3 Å². The van der Waals surface area contributed by atoms with Gasteiger partial charge in [-0.1, -0.05) is 0 Å². The highest BCUT2D eigenvalue weighted by Gasteiger charge is 2.08. The van der Waals surface area contributed by atoms with Crippen LogP contribution >= 0.6 is 0 Å². The fourth-order valence-corrected chi connectivity index (χ4v) is 2.40. The second-order valence-electron chi connectivity index (χ2n) is 4.42. The van der Waals surface area contributed by atoms with E-state index in [2.05, 4.69) is 10.3 Å². The van der Waals surface area contributed by atoms with Crippen LogP contribution in [-0.4, -0.2) is 33.7 Å². The molecular formula is C13H17N3O2S. The number of amides is 1. The Labute approximate surface area is 114 Å². The molecule has 1 amide bonds. The van der Waals surface area contributed by atoms with E-state index in [1.165, 1.54) is 0 Å². The number of H-pyrrole nitrogens is 1. The molecule has 0 aliphatic carbocycles. The van der Waals surface area contributed by atoms with Crippen molar-refractivity contribution in [2.45, 2.75) is 6.42 Å². The molecule has 2 rings (SSSR count). The summed E-state index contributed by atoms with van der Waals surface area (Å²) in [5.41, 5.74) is 7.76. The average molecular weight is 279 g/mol. The summed E-state index contributed by atoms with van der Waals surface area (Å²) < 4.78 is 10.9. The van der Waals surface area contributed by atoms with E-state index in [-0.39, 0.29) is 5.91 Å². The van der Waals surface area contributed by atoms with Crippen LogP contribution in [0.2, 0.25) is 0 Å². The first kappa shape index (κ1) is 13.6. The van der Waals surface area contributed by atoms with Crippen molar-refractivity contribution in [1.29, 1.82) is 0 Å². The molecule has 0 bridgehead atoms. The zero-order valence-corrected chi connectivity index (χ0v) is 11.5. The molecule has 0 aliphatic rings. The van der Waals surface area contributed by atoms with Crippen LogP contribution in [0.3, 0.4) is 0 Å². The number of rotatable bonds is 5. The maximum Gasteiger partial charge on any atom is 0.267 e. The van der Waals surface area contributed by atoms with E-state index in [1.807, 2.05) is 12.1 Å². The summed E-state index contributed by atoms with van der Waals surface area (Å²) in [4.78, 5) is 14.9. The molecule has 1 heterocycles. The smallest absolute Gasteiger partial charge is 0.267 e. The van der Waals surface area contributed by atoms with Crippen LogP contribution in [0.4, 0.5) is 5.69 Å². The summed E-state index contributed by atoms with van der Waals surface area (Å²) in [6.45, 7) is 0.524. The van der Waals surface area contributed by atoms with E-state index in [1.54, 1.807) is 18.4 Å². The molecule has 2 aromatic rings. The molecule has 1 aromatic heterocycles. The number of aromatic amines is 1. The van der Waals surface area contributed by atoms with Gasteiger partial charge in [0.2, 0.25) is 0 Å². The Balaban J connectivity index is 1.99. The molecule has 5 nitrogen and oxygen atoms in total. The fraction of sp³-hybridized carbons (Fsp3) is 0.308. The largest absolute Gasteiger partial charge is 0.399 e. The minimum Gasteiger partial charge on any atom is -0.399 e. The lowest BCUT2D eigenvalue weighted by molar-refractivity contribution is 0.0949. The Morgan fingerprint density at radius 3 is 2.95 bits per heavy atom. The van der Waals surface area contributed by atoms with E-state index in [4.69, 9.17) is 5.73 Å². The zero-order chi connectivity index (χ0) is 13.8. The first-order valence-electron chi connectivity index (χ1n) is 6.03. The van der Waals surface area contributed by atoms with Gasteiger partial charge in [0.1, 0.15) is 5.69 Å². The number of hydrogen-bond acceptors (Lipinski definition) is 3.